The van der Waals surface area contributed by atoms with Gasteiger partial charge in [-0.15, -0.1) is 0 Å². The Kier molecular flexibility index (Phi) is 5.82. The molecular formula is C20H20BrN3O2S. The van der Waals surface area contributed by atoms with Gasteiger partial charge in [-0.3, -0.25) is 4.79 Å². The minimum atomic E-state index is -0.435. The number of carbonyl (C=O) groups is 1. The molecule has 2 aromatic carbocycles. The first kappa shape index (κ1) is 19.4. The monoisotopic (exact) mass is 445 g/mol. The molecule has 1 unspecified atom stereocenters. The molecule has 1 atom stereocenters. The Morgan fingerprint density at radius 3 is 2.67 bits per heavy atom. The molecule has 27 heavy (non-hydrogen) atoms. The average Bonchev–Trinajstić information content (AvgIpc) is 2.62. The van der Waals surface area contributed by atoms with E-state index in [1.54, 1.807) is 7.11 Å². The number of halogens is 1. The fourth-order valence-corrected chi connectivity index (χ4v) is 3.71. The van der Waals surface area contributed by atoms with Gasteiger partial charge in [-0.1, -0.05) is 34.1 Å². The SMILES string of the molecule is COc1ccc(Br)cc1C1NC(=S)NC(C)=C1C(=O)Nc1ccccc1C. The molecule has 0 saturated carbocycles. The lowest BCUT2D eigenvalue weighted by molar-refractivity contribution is -0.113. The van der Waals surface area contributed by atoms with E-state index >= 15 is 0 Å². The number of hydrogen-bond acceptors (Lipinski definition) is 3. The molecule has 3 N–H and O–H groups in total. The summed E-state index contributed by atoms with van der Waals surface area (Å²) in [6.45, 7) is 3.80. The molecule has 2 aromatic rings. The maximum absolute atomic E-state index is 13.2. The summed E-state index contributed by atoms with van der Waals surface area (Å²) in [7, 11) is 1.61. The summed E-state index contributed by atoms with van der Waals surface area (Å²) >= 11 is 8.82. The summed E-state index contributed by atoms with van der Waals surface area (Å²) in [6.07, 6.45) is 0. The van der Waals surface area contributed by atoms with E-state index in [1.807, 2.05) is 56.3 Å². The van der Waals surface area contributed by atoms with Gasteiger partial charge in [0.25, 0.3) is 5.91 Å². The van der Waals surface area contributed by atoms with Gasteiger partial charge in [-0.2, -0.15) is 0 Å². The molecule has 5 nitrogen and oxygen atoms in total. The quantitative estimate of drug-likeness (QED) is 0.615. The van der Waals surface area contributed by atoms with Crippen LogP contribution in [0.4, 0.5) is 5.69 Å². The first-order valence-corrected chi connectivity index (χ1v) is 9.59. The molecule has 0 radical (unpaired) electrons. The standard InChI is InChI=1S/C20H20BrN3O2S/c1-11-6-4-5-7-15(11)23-19(25)17-12(2)22-20(27)24-18(17)14-10-13(21)8-9-16(14)26-3/h4-10,18H,1-3H3,(H,23,25)(H2,22,24,27). The van der Waals surface area contributed by atoms with Crippen LogP contribution in [-0.4, -0.2) is 18.1 Å². The number of aryl methyl sites for hydroxylation is 1. The van der Waals surface area contributed by atoms with Gasteiger partial charge >= 0.3 is 0 Å². The second-order valence-electron chi connectivity index (χ2n) is 6.23. The van der Waals surface area contributed by atoms with Crippen LogP contribution in [0.25, 0.3) is 0 Å². The van der Waals surface area contributed by atoms with Crippen molar-refractivity contribution in [1.29, 1.82) is 0 Å². The summed E-state index contributed by atoms with van der Waals surface area (Å²) in [5.41, 5.74) is 3.86. The fourth-order valence-electron chi connectivity index (χ4n) is 3.06. The third kappa shape index (κ3) is 4.14. The molecule has 0 aromatic heterocycles. The van der Waals surface area contributed by atoms with Crippen LogP contribution in [0.2, 0.25) is 0 Å². The molecule has 3 rings (SSSR count). The largest absolute Gasteiger partial charge is 0.496 e. The first-order valence-electron chi connectivity index (χ1n) is 8.39. The van der Waals surface area contributed by atoms with Crippen LogP contribution in [0.3, 0.4) is 0 Å². The zero-order chi connectivity index (χ0) is 19.6. The van der Waals surface area contributed by atoms with E-state index < -0.39 is 6.04 Å². The Hall–Kier alpha value is -2.38. The summed E-state index contributed by atoms with van der Waals surface area (Å²) in [6, 6.07) is 12.9. The zero-order valence-electron chi connectivity index (χ0n) is 15.2. The number of thiocarbonyl (C=S) groups is 1. The van der Waals surface area contributed by atoms with Gasteiger partial charge in [-0.25, -0.2) is 0 Å². The predicted octanol–water partition coefficient (Wildman–Crippen LogP) is 4.20. The molecule has 1 amide bonds. The number of ether oxygens (including phenoxy) is 1. The number of anilines is 1. The maximum Gasteiger partial charge on any atom is 0.255 e. The van der Waals surface area contributed by atoms with Gasteiger partial charge in [0, 0.05) is 21.4 Å². The normalized spacial score (nSPS) is 16.4. The van der Waals surface area contributed by atoms with E-state index in [4.69, 9.17) is 17.0 Å². The first-order chi connectivity index (χ1) is 12.9. The van der Waals surface area contributed by atoms with Crippen molar-refractivity contribution in [2.45, 2.75) is 19.9 Å². The summed E-state index contributed by atoms with van der Waals surface area (Å²) < 4.78 is 6.40. The van der Waals surface area contributed by atoms with Crippen LogP contribution in [0.1, 0.15) is 24.1 Å². The Morgan fingerprint density at radius 1 is 1.22 bits per heavy atom. The van der Waals surface area contributed by atoms with E-state index in [2.05, 4.69) is 31.9 Å². The molecule has 1 heterocycles. The second kappa shape index (κ2) is 8.10. The van der Waals surface area contributed by atoms with Gasteiger partial charge in [-0.05, 0) is 55.9 Å². The highest BCUT2D eigenvalue weighted by Crippen LogP contribution is 2.35. The third-order valence-electron chi connectivity index (χ3n) is 4.41. The number of rotatable bonds is 4. The van der Waals surface area contributed by atoms with Crippen molar-refractivity contribution in [3.8, 4) is 5.75 Å². The summed E-state index contributed by atoms with van der Waals surface area (Å²) in [5.74, 6) is 0.478. The molecule has 0 bridgehead atoms. The van der Waals surface area contributed by atoms with Crippen LogP contribution in [-0.2, 0) is 4.79 Å². The molecule has 1 aliphatic heterocycles. The summed E-state index contributed by atoms with van der Waals surface area (Å²) in [5, 5.41) is 9.72. The number of methoxy groups -OCH3 is 1. The fraction of sp³-hybridized carbons (Fsp3) is 0.200. The van der Waals surface area contributed by atoms with Crippen molar-refractivity contribution < 1.29 is 9.53 Å². The smallest absolute Gasteiger partial charge is 0.255 e. The lowest BCUT2D eigenvalue weighted by atomic mass is 9.94. The molecular weight excluding hydrogens is 426 g/mol. The Morgan fingerprint density at radius 2 is 1.96 bits per heavy atom. The van der Waals surface area contributed by atoms with Crippen molar-refractivity contribution in [2.24, 2.45) is 0 Å². The van der Waals surface area contributed by atoms with Gasteiger partial charge in [0.2, 0.25) is 0 Å². The van der Waals surface area contributed by atoms with Gasteiger partial charge in [0.1, 0.15) is 5.75 Å². The summed E-state index contributed by atoms with van der Waals surface area (Å²) in [4.78, 5) is 13.2. The number of para-hydroxylation sites is 1. The third-order valence-corrected chi connectivity index (χ3v) is 5.12. The van der Waals surface area contributed by atoms with E-state index in [0.29, 0.717) is 22.1 Å². The highest BCUT2D eigenvalue weighted by Gasteiger charge is 2.32. The number of carbonyl (C=O) groups excluding carboxylic acids is 1. The number of nitrogens with one attached hydrogen (secondary N) is 3. The Bertz CT molecular complexity index is 943. The maximum atomic E-state index is 13.2. The van der Waals surface area contributed by atoms with Crippen LogP contribution in [0, 0.1) is 6.92 Å². The van der Waals surface area contributed by atoms with Gasteiger partial charge in [0.05, 0.1) is 18.7 Å². The van der Waals surface area contributed by atoms with Gasteiger partial charge < -0.3 is 20.7 Å². The molecule has 0 aliphatic carbocycles. The van der Waals surface area contributed by atoms with Crippen molar-refractivity contribution >= 4 is 44.9 Å². The molecule has 0 spiro atoms. The molecule has 140 valence electrons. The molecule has 1 aliphatic rings. The number of allylic oxidation sites excluding steroid dienone is 1. The topological polar surface area (TPSA) is 62.4 Å². The van der Waals surface area contributed by atoms with Gasteiger partial charge in [0.15, 0.2) is 5.11 Å². The van der Waals surface area contributed by atoms with Crippen molar-refractivity contribution in [3.63, 3.8) is 0 Å². The molecule has 0 fully saturated rings. The van der Waals surface area contributed by atoms with Crippen molar-refractivity contribution in [1.82, 2.24) is 10.6 Å². The number of benzene rings is 2. The van der Waals surface area contributed by atoms with Crippen molar-refractivity contribution in [2.75, 3.05) is 12.4 Å². The van der Waals surface area contributed by atoms with Crippen LogP contribution in [0.5, 0.6) is 5.75 Å². The van der Waals surface area contributed by atoms with Crippen LogP contribution in [0.15, 0.2) is 58.2 Å². The predicted molar refractivity (Wildman–Crippen MR) is 115 cm³/mol. The second-order valence-corrected chi connectivity index (χ2v) is 7.55. The zero-order valence-corrected chi connectivity index (χ0v) is 17.6. The molecule has 0 saturated heterocycles. The van der Waals surface area contributed by atoms with E-state index in [-0.39, 0.29) is 5.91 Å². The minimum Gasteiger partial charge on any atom is -0.496 e. The lowest BCUT2D eigenvalue weighted by Gasteiger charge is -2.31. The average molecular weight is 446 g/mol. The minimum absolute atomic E-state index is 0.198. The van der Waals surface area contributed by atoms with E-state index in [1.165, 1.54) is 0 Å². The van der Waals surface area contributed by atoms with Crippen LogP contribution < -0.4 is 20.7 Å². The van der Waals surface area contributed by atoms with Crippen LogP contribution >= 0.6 is 28.1 Å². The lowest BCUT2D eigenvalue weighted by Crippen LogP contribution is -2.45. The number of hydrogen-bond donors (Lipinski definition) is 3. The van der Waals surface area contributed by atoms with E-state index in [9.17, 15) is 4.79 Å². The Balaban J connectivity index is 2.04. The van der Waals surface area contributed by atoms with Crippen molar-refractivity contribution in [3.05, 3.63) is 69.3 Å². The number of amides is 1. The highest BCUT2D eigenvalue weighted by molar-refractivity contribution is 9.10. The van der Waals surface area contributed by atoms with E-state index in [0.717, 1.165) is 21.3 Å². The molecule has 7 heteroatoms. The highest BCUT2D eigenvalue weighted by atomic mass is 79.9. The Labute approximate surface area is 172 Å².